The van der Waals surface area contributed by atoms with Crippen molar-refractivity contribution in [1.82, 2.24) is 10.2 Å². The fourth-order valence-electron chi connectivity index (χ4n) is 1.40. The second kappa shape index (κ2) is 5.90. The maximum absolute atomic E-state index is 11.9. The van der Waals surface area contributed by atoms with Gasteiger partial charge in [0.2, 0.25) is 5.91 Å². The highest BCUT2D eigenvalue weighted by atomic mass is 16.3. The number of phenols is 2. The van der Waals surface area contributed by atoms with E-state index in [2.05, 4.69) is 5.32 Å². The monoisotopic (exact) mass is 252 g/mol. The molecule has 1 aromatic rings. The van der Waals surface area contributed by atoms with Gasteiger partial charge < -0.3 is 20.4 Å². The van der Waals surface area contributed by atoms with Crippen LogP contribution in [-0.2, 0) is 4.79 Å². The first-order valence-corrected chi connectivity index (χ1v) is 5.43. The van der Waals surface area contributed by atoms with Gasteiger partial charge in [0.25, 0.3) is 5.91 Å². The van der Waals surface area contributed by atoms with Gasteiger partial charge in [-0.25, -0.2) is 0 Å². The molecule has 6 heteroatoms. The highest BCUT2D eigenvalue weighted by Gasteiger charge is 2.16. The minimum atomic E-state index is -0.452. The molecule has 1 aromatic carbocycles. The van der Waals surface area contributed by atoms with Gasteiger partial charge in [-0.2, -0.15) is 0 Å². The minimum absolute atomic E-state index is 0.00871. The largest absolute Gasteiger partial charge is 0.508 e. The average Bonchev–Trinajstić information content (AvgIpc) is 2.37. The second-order valence-electron chi connectivity index (χ2n) is 3.85. The maximum Gasteiger partial charge on any atom is 0.257 e. The lowest BCUT2D eigenvalue weighted by Crippen LogP contribution is -2.31. The third-order valence-corrected chi connectivity index (χ3v) is 2.51. The quantitative estimate of drug-likeness (QED) is 0.672. The summed E-state index contributed by atoms with van der Waals surface area (Å²) in [6.07, 6.45) is 0.179. The van der Waals surface area contributed by atoms with Crippen LogP contribution in [0, 0.1) is 0 Å². The van der Waals surface area contributed by atoms with Crippen LogP contribution in [0.15, 0.2) is 18.2 Å². The van der Waals surface area contributed by atoms with Crippen molar-refractivity contribution in [2.45, 2.75) is 6.42 Å². The molecule has 18 heavy (non-hydrogen) atoms. The average molecular weight is 252 g/mol. The number of nitrogens with one attached hydrogen (secondary N) is 1. The predicted molar refractivity (Wildman–Crippen MR) is 65.4 cm³/mol. The van der Waals surface area contributed by atoms with Crippen LogP contribution in [0.3, 0.4) is 0 Å². The van der Waals surface area contributed by atoms with Crippen LogP contribution >= 0.6 is 0 Å². The van der Waals surface area contributed by atoms with E-state index in [-0.39, 0.29) is 35.9 Å². The van der Waals surface area contributed by atoms with E-state index in [4.69, 9.17) is 0 Å². The lowest BCUT2D eigenvalue weighted by Gasteiger charge is -2.17. The van der Waals surface area contributed by atoms with Gasteiger partial charge in [-0.1, -0.05) is 0 Å². The maximum atomic E-state index is 11.9. The Morgan fingerprint density at radius 2 is 2.00 bits per heavy atom. The topological polar surface area (TPSA) is 89.9 Å². The number of aromatic hydroxyl groups is 2. The second-order valence-corrected chi connectivity index (χ2v) is 3.85. The van der Waals surface area contributed by atoms with E-state index in [1.54, 1.807) is 0 Å². The lowest BCUT2D eigenvalue weighted by atomic mass is 10.1. The normalized spacial score (nSPS) is 9.89. The fraction of sp³-hybridized carbons (Fsp3) is 0.333. The molecule has 0 atom stereocenters. The van der Waals surface area contributed by atoms with Crippen LogP contribution in [-0.4, -0.2) is 47.6 Å². The van der Waals surface area contributed by atoms with E-state index in [9.17, 15) is 19.8 Å². The fourth-order valence-corrected chi connectivity index (χ4v) is 1.40. The van der Waals surface area contributed by atoms with Crippen molar-refractivity contribution >= 4 is 11.8 Å². The van der Waals surface area contributed by atoms with Crippen molar-refractivity contribution in [2.75, 3.05) is 20.6 Å². The molecule has 1 rings (SSSR count). The summed E-state index contributed by atoms with van der Waals surface area (Å²) >= 11 is 0. The molecule has 3 N–H and O–H groups in total. The Labute approximate surface area is 105 Å². The van der Waals surface area contributed by atoms with E-state index < -0.39 is 5.91 Å². The van der Waals surface area contributed by atoms with Crippen LogP contribution in [0.25, 0.3) is 0 Å². The predicted octanol–water partition coefficient (Wildman–Crippen LogP) is 0.306. The Morgan fingerprint density at radius 1 is 1.33 bits per heavy atom. The number of carbonyl (C=O) groups is 2. The third kappa shape index (κ3) is 3.38. The number of hydrogen-bond acceptors (Lipinski definition) is 4. The summed E-state index contributed by atoms with van der Waals surface area (Å²) in [5.41, 5.74) is 0.00871. The molecule has 0 aliphatic carbocycles. The molecule has 0 saturated carbocycles. The zero-order valence-corrected chi connectivity index (χ0v) is 10.3. The Morgan fingerprint density at radius 3 is 2.61 bits per heavy atom. The highest BCUT2D eigenvalue weighted by Crippen LogP contribution is 2.23. The summed E-state index contributed by atoms with van der Waals surface area (Å²) in [7, 11) is 3.04. The van der Waals surface area contributed by atoms with E-state index in [1.165, 1.54) is 37.2 Å². The van der Waals surface area contributed by atoms with Crippen molar-refractivity contribution in [3.05, 3.63) is 23.8 Å². The first-order chi connectivity index (χ1) is 8.45. The van der Waals surface area contributed by atoms with Gasteiger partial charge in [0.1, 0.15) is 11.5 Å². The first-order valence-electron chi connectivity index (χ1n) is 5.43. The molecule has 0 spiro atoms. The molecule has 0 aliphatic rings. The molecule has 98 valence electrons. The van der Waals surface area contributed by atoms with Gasteiger partial charge in [0.05, 0.1) is 5.56 Å². The Balaban J connectivity index is 2.74. The van der Waals surface area contributed by atoms with Crippen LogP contribution in [0.2, 0.25) is 0 Å². The van der Waals surface area contributed by atoms with Gasteiger partial charge >= 0.3 is 0 Å². The molecule has 0 radical (unpaired) electrons. The molecule has 0 fully saturated rings. The summed E-state index contributed by atoms with van der Waals surface area (Å²) in [5.74, 6) is -0.928. The summed E-state index contributed by atoms with van der Waals surface area (Å²) < 4.78 is 0. The minimum Gasteiger partial charge on any atom is -0.508 e. The van der Waals surface area contributed by atoms with Crippen molar-refractivity contribution in [2.24, 2.45) is 0 Å². The SMILES string of the molecule is CNC(=O)CCN(C)C(=O)c1cc(O)ccc1O. The van der Waals surface area contributed by atoms with Gasteiger partial charge in [0.15, 0.2) is 0 Å². The highest BCUT2D eigenvalue weighted by molar-refractivity contribution is 5.97. The number of carbonyl (C=O) groups excluding carboxylic acids is 2. The first kappa shape index (κ1) is 13.8. The van der Waals surface area contributed by atoms with Crippen molar-refractivity contribution in [1.29, 1.82) is 0 Å². The zero-order chi connectivity index (χ0) is 13.7. The van der Waals surface area contributed by atoms with E-state index in [0.29, 0.717) is 0 Å². The number of rotatable bonds is 4. The molecule has 0 bridgehead atoms. The van der Waals surface area contributed by atoms with Gasteiger partial charge in [-0.05, 0) is 18.2 Å². The number of benzene rings is 1. The summed E-state index contributed by atoms with van der Waals surface area (Å²) in [6.45, 7) is 0.230. The third-order valence-electron chi connectivity index (χ3n) is 2.51. The standard InChI is InChI=1S/C12H16N2O4/c1-13-11(17)5-6-14(2)12(18)9-7-8(15)3-4-10(9)16/h3-4,7,15-16H,5-6H2,1-2H3,(H,13,17). The molecular formula is C12H16N2O4. The van der Waals surface area contributed by atoms with E-state index >= 15 is 0 Å². The lowest BCUT2D eigenvalue weighted by molar-refractivity contribution is -0.120. The van der Waals surface area contributed by atoms with Crippen molar-refractivity contribution in [3.8, 4) is 11.5 Å². The number of nitrogens with zero attached hydrogens (tertiary/aromatic N) is 1. The smallest absolute Gasteiger partial charge is 0.257 e. The summed E-state index contributed by atoms with van der Waals surface area (Å²) in [5, 5.41) is 21.3. The van der Waals surface area contributed by atoms with Gasteiger partial charge in [0, 0.05) is 27.1 Å². The molecule has 0 unspecified atom stereocenters. The Kier molecular flexibility index (Phi) is 4.53. The van der Waals surface area contributed by atoms with Crippen molar-refractivity contribution in [3.63, 3.8) is 0 Å². The Hall–Kier alpha value is -2.24. The molecule has 0 aromatic heterocycles. The van der Waals surface area contributed by atoms with E-state index in [1.807, 2.05) is 0 Å². The Bertz CT molecular complexity index is 459. The van der Waals surface area contributed by atoms with Crippen molar-refractivity contribution < 1.29 is 19.8 Å². The van der Waals surface area contributed by atoms with Gasteiger partial charge in [-0.15, -0.1) is 0 Å². The zero-order valence-electron chi connectivity index (χ0n) is 10.3. The molecule has 6 nitrogen and oxygen atoms in total. The number of amides is 2. The van der Waals surface area contributed by atoms with Crippen LogP contribution < -0.4 is 5.32 Å². The molecule has 2 amide bonds. The van der Waals surface area contributed by atoms with Crippen LogP contribution in [0.1, 0.15) is 16.8 Å². The summed E-state index contributed by atoms with van der Waals surface area (Å²) in [4.78, 5) is 24.3. The molecule has 0 saturated heterocycles. The van der Waals surface area contributed by atoms with Gasteiger partial charge in [-0.3, -0.25) is 9.59 Å². The molecular weight excluding hydrogens is 236 g/mol. The number of phenolic OH excluding ortho intramolecular Hbond substituents is 2. The summed E-state index contributed by atoms with van der Waals surface area (Å²) in [6, 6.07) is 3.72. The molecule has 0 heterocycles. The van der Waals surface area contributed by atoms with Crippen LogP contribution in [0.4, 0.5) is 0 Å². The van der Waals surface area contributed by atoms with Crippen LogP contribution in [0.5, 0.6) is 11.5 Å². The van der Waals surface area contributed by atoms with E-state index in [0.717, 1.165) is 0 Å². The molecule has 0 aliphatic heterocycles. The number of hydrogen-bond donors (Lipinski definition) is 3.